The van der Waals surface area contributed by atoms with Crippen molar-refractivity contribution in [2.24, 2.45) is 19.1 Å². The first-order valence-electron chi connectivity index (χ1n) is 16.1. The van der Waals surface area contributed by atoms with Crippen LogP contribution in [0.15, 0.2) is 65.9 Å². The van der Waals surface area contributed by atoms with E-state index in [4.69, 9.17) is 9.47 Å². The molecule has 252 valence electrons. The molecular formula is C37H44N6O5. The monoisotopic (exact) mass is 652 g/mol. The third-order valence-electron chi connectivity index (χ3n) is 8.61. The van der Waals surface area contributed by atoms with Crippen molar-refractivity contribution < 1.29 is 23.9 Å². The van der Waals surface area contributed by atoms with E-state index in [9.17, 15) is 14.4 Å². The fraction of sp³-hybridized carbons (Fsp3) is 0.351. The van der Waals surface area contributed by atoms with Crippen LogP contribution in [0.2, 0.25) is 0 Å². The molecule has 11 nitrogen and oxygen atoms in total. The Balaban J connectivity index is 1.16. The summed E-state index contributed by atoms with van der Waals surface area (Å²) in [6.45, 7) is 3.19. The number of anilines is 1. The molecule has 1 unspecified atom stereocenters. The first-order chi connectivity index (χ1) is 23.1. The van der Waals surface area contributed by atoms with Crippen molar-refractivity contribution >= 4 is 35.8 Å². The summed E-state index contributed by atoms with van der Waals surface area (Å²) in [7, 11) is 8.79. The van der Waals surface area contributed by atoms with Gasteiger partial charge in [0.15, 0.2) is 11.5 Å². The lowest BCUT2D eigenvalue weighted by molar-refractivity contribution is -0.117. The fourth-order valence-corrected chi connectivity index (χ4v) is 5.89. The quantitative estimate of drug-likeness (QED) is 0.114. The number of rotatable bonds is 13. The van der Waals surface area contributed by atoms with Crippen LogP contribution in [0.3, 0.4) is 0 Å². The number of amides is 3. The van der Waals surface area contributed by atoms with Crippen molar-refractivity contribution in [2.45, 2.75) is 38.6 Å². The number of hydrogen-bond acceptors (Lipinski definition) is 6. The Bertz CT molecular complexity index is 1800. The van der Waals surface area contributed by atoms with Gasteiger partial charge in [-0.05, 0) is 79.6 Å². The van der Waals surface area contributed by atoms with Crippen LogP contribution in [-0.2, 0) is 25.3 Å². The van der Waals surface area contributed by atoms with Crippen LogP contribution in [0.25, 0.3) is 11.1 Å². The van der Waals surface area contributed by atoms with Gasteiger partial charge >= 0.3 is 0 Å². The predicted octanol–water partition coefficient (Wildman–Crippen LogP) is 5.64. The molecule has 0 bridgehead atoms. The molecule has 1 saturated heterocycles. The zero-order valence-electron chi connectivity index (χ0n) is 28.5. The van der Waals surface area contributed by atoms with Gasteiger partial charge < -0.3 is 33.7 Å². The minimum absolute atomic E-state index is 0.0160. The highest BCUT2D eigenvalue weighted by molar-refractivity contribution is 6.03. The van der Waals surface area contributed by atoms with Gasteiger partial charge in [0.1, 0.15) is 11.4 Å². The van der Waals surface area contributed by atoms with E-state index in [2.05, 4.69) is 10.3 Å². The van der Waals surface area contributed by atoms with Crippen molar-refractivity contribution in [3.05, 3.63) is 83.4 Å². The molecule has 2 aromatic carbocycles. The Morgan fingerprint density at radius 1 is 1.00 bits per heavy atom. The van der Waals surface area contributed by atoms with Crippen LogP contribution in [0.4, 0.5) is 11.4 Å². The minimum Gasteiger partial charge on any atom is -0.493 e. The molecule has 1 aliphatic rings. The number of carbonyl (C=O) groups is 3. The zero-order valence-corrected chi connectivity index (χ0v) is 28.5. The van der Waals surface area contributed by atoms with E-state index in [1.165, 1.54) is 0 Å². The van der Waals surface area contributed by atoms with Gasteiger partial charge in [0.2, 0.25) is 6.41 Å². The minimum atomic E-state index is -0.197. The second kappa shape index (κ2) is 15.1. The van der Waals surface area contributed by atoms with Crippen LogP contribution in [0.1, 0.15) is 51.4 Å². The molecule has 1 atom stereocenters. The maximum atomic E-state index is 13.2. The van der Waals surface area contributed by atoms with Crippen LogP contribution in [-0.4, -0.2) is 83.8 Å². The van der Waals surface area contributed by atoms with E-state index in [1.54, 1.807) is 31.0 Å². The highest BCUT2D eigenvalue weighted by atomic mass is 16.5. The molecule has 11 heteroatoms. The molecule has 1 N–H and O–H groups in total. The molecule has 0 spiro atoms. The van der Waals surface area contributed by atoms with Crippen molar-refractivity contribution in [1.29, 1.82) is 0 Å². The average molecular weight is 653 g/mol. The van der Waals surface area contributed by atoms with Crippen LogP contribution >= 0.6 is 0 Å². The Labute approximate surface area is 281 Å². The summed E-state index contributed by atoms with van der Waals surface area (Å²) in [5, 5.41) is 2.99. The number of nitrogens with zero attached hydrogens (tertiary/aromatic N) is 5. The topological polar surface area (TPSA) is 110 Å². The summed E-state index contributed by atoms with van der Waals surface area (Å²) in [5.74, 6) is 0.999. The predicted molar refractivity (Wildman–Crippen MR) is 188 cm³/mol. The maximum absolute atomic E-state index is 13.2. The van der Waals surface area contributed by atoms with Gasteiger partial charge in [-0.2, -0.15) is 0 Å². The smallest absolute Gasteiger partial charge is 0.272 e. The van der Waals surface area contributed by atoms with E-state index in [1.807, 2.05) is 97.3 Å². The summed E-state index contributed by atoms with van der Waals surface area (Å²) in [6.07, 6.45) is 9.97. The fourth-order valence-electron chi connectivity index (χ4n) is 5.89. The summed E-state index contributed by atoms with van der Waals surface area (Å²) in [6, 6.07) is 15.2. The number of benzene rings is 2. The highest BCUT2D eigenvalue weighted by Gasteiger charge is 2.21. The Morgan fingerprint density at radius 3 is 2.46 bits per heavy atom. The van der Waals surface area contributed by atoms with Gasteiger partial charge in [-0.25, -0.2) is 0 Å². The van der Waals surface area contributed by atoms with Crippen LogP contribution in [0.5, 0.6) is 11.5 Å². The van der Waals surface area contributed by atoms with Gasteiger partial charge in [-0.3, -0.25) is 19.4 Å². The molecule has 0 aliphatic carbocycles. The van der Waals surface area contributed by atoms with Crippen molar-refractivity contribution in [1.82, 2.24) is 18.9 Å². The van der Waals surface area contributed by atoms with Crippen LogP contribution < -0.4 is 14.8 Å². The molecular weight excluding hydrogens is 608 g/mol. The summed E-state index contributed by atoms with van der Waals surface area (Å²) in [5.41, 5.74) is 6.50. The second-order valence-electron chi connectivity index (χ2n) is 12.4. The van der Waals surface area contributed by atoms with E-state index in [0.717, 1.165) is 66.6 Å². The molecule has 5 rings (SSSR count). The van der Waals surface area contributed by atoms with Crippen molar-refractivity contribution in [3.8, 4) is 22.6 Å². The molecule has 3 amide bonds. The molecule has 4 aromatic rings. The van der Waals surface area contributed by atoms with E-state index < -0.39 is 0 Å². The van der Waals surface area contributed by atoms with Gasteiger partial charge in [-0.1, -0.05) is 12.1 Å². The normalized spacial score (nSPS) is 14.4. The summed E-state index contributed by atoms with van der Waals surface area (Å²) in [4.78, 5) is 44.9. The van der Waals surface area contributed by atoms with E-state index >= 15 is 0 Å². The molecule has 2 aromatic heterocycles. The third kappa shape index (κ3) is 7.79. The number of aliphatic imine (C=N–C) groups is 1. The zero-order chi connectivity index (χ0) is 34.4. The third-order valence-corrected chi connectivity index (χ3v) is 8.61. The van der Waals surface area contributed by atoms with Gasteiger partial charge in [0, 0.05) is 70.7 Å². The molecule has 48 heavy (non-hydrogen) atoms. The SMILES string of the molecule is COc1cc(C)c(N=CC2CCCN2C=O)cc1OCCCc1cc(C(=O)Nc2ccc(-c3cc(C(=O)N(C)C)n(C)c3)cc2)n(C)c1. The summed E-state index contributed by atoms with van der Waals surface area (Å²) >= 11 is 0. The van der Waals surface area contributed by atoms with Gasteiger partial charge in [-0.15, -0.1) is 0 Å². The number of nitrogens with one attached hydrogen (secondary N) is 1. The first-order valence-corrected chi connectivity index (χ1v) is 16.1. The molecule has 1 fully saturated rings. The van der Waals surface area contributed by atoms with Crippen molar-refractivity contribution in [2.75, 3.05) is 39.7 Å². The maximum Gasteiger partial charge on any atom is 0.272 e. The summed E-state index contributed by atoms with van der Waals surface area (Å²) < 4.78 is 15.3. The lowest BCUT2D eigenvalue weighted by Crippen LogP contribution is -2.28. The van der Waals surface area contributed by atoms with Gasteiger partial charge in [0.25, 0.3) is 11.8 Å². The number of methoxy groups -OCH3 is 1. The highest BCUT2D eigenvalue weighted by Crippen LogP contribution is 2.35. The Hall–Kier alpha value is -5.32. The average Bonchev–Trinajstić information content (AvgIpc) is 3.80. The number of ether oxygens (including phenoxy) is 2. The van der Waals surface area contributed by atoms with E-state index in [0.29, 0.717) is 35.2 Å². The largest absolute Gasteiger partial charge is 0.493 e. The first kappa shape index (κ1) is 34.0. The Morgan fingerprint density at radius 2 is 1.75 bits per heavy atom. The lowest BCUT2D eigenvalue weighted by atomic mass is 10.1. The standard InChI is InChI=1S/C37H44N6O5/c1-25-17-34(47-6)35(20-31(25)38-21-30-10-7-15-43(30)24-44)48-16-8-9-26-18-32(41(4)22-26)36(45)39-29-13-11-27(12-14-29)28-19-33(42(5)23-28)37(46)40(2)3/h11-14,17-24,30H,7-10,15-16H2,1-6H3,(H,39,45). The van der Waals surface area contributed by atoms with Gasteiger partial charge in [0.05, 0.1) is 25.4 Å². The molecule has 0 radical (unpaired) electrons. The van der Waals surface area contributed by atoms with Crippen molar-refractivity contribution in [3.63, 3.8) is 0 Å². The molecule has 0 saturated carbocycles. The van der Waals surface area contributed by atoms with Crippen LogP contribution in [0, 0.1) is 6.92 Å². The lowest BCUT2D eigenvalue weighted by Gasteiger charge is -2.16. The number of hydrogen-bond donors (Lipinski definition) is 1. The Kier molecular flexibility index (Phi) is 10.7. The number of likely N-dealkylation sites (tertiary alicyclic amines) is 1. The number of aromatic nitrogens is 2. The molecule has 1 aliphatic heterocycles. The molecule has 3 heterocycles. The second-order valence-corrected chi connectivity index (χ2v) is 12.4. The number of aryl methyl sites for hydroxylation is 4. The van der Waals surface area contributed by atoms with E-state index in [-0.39, 0.29) is 17.9 Å². The number of carbonyl (C=O) groups excluding carboxylic acids is 3.